The highest BCUT2D eigenvalue weighted by Crippen LogP contribution is 2.53. The fraction of sp³-hybridized carbons (Fsp3) is 0.842. The highest BCUT2D eigenvalue weighted by molar-refractivity contribution is 5.99. The Kier molecular flexibility index (Phi) is 6.50. The molecule has 2 aliphatic carbocycles. The normalized spacial score (nSPS) is 25.5. The van der Waals surface area contributed by atoms with Gasteiger partial charge in [0.1, 0.15) is 5.71 Å². The summed E-state index contributed by atoms with van der Waals surface area (Å²) in [5.41, 5.74) is 0.799. The summed E-state index contributed by atoms with van der Waals surface area (Å²) < 4.78 is 11.7. The molecule has 0 aromatic carbocycles. The lowest BCUT2D eigenvalue weighted by molar-refractivity contribution is -0.193. The van der Waals surface area contributed by atoms with Gasteiger partial charge in [-0.25, -0.2) is 0 Å². The Morgan fingerprint density at radius 3 is 2.26 bits per heavy atom. The number of nitrogens with zero attached hydrogens (tertiary/aromatic N) is 1. The van der Waals surface area contributed by atoms with Crippen LogP contribution in [-0.2, 0) is 9.47 Å². The molecule has 3 fully saturated rings. The maximum absolute atomic E-state index is 8.91. The summed E-state index contributed by atoms with van der Waals surface area (Å²) in [7, 11) is 0. The van der Waals surface area contributed by atoms with E-state index in [1.165, 1.54) is 19.3 Å². The third kappa shape index (κ3) is 4.71. The van der Waals surface area contributed by atoms with E-state index >= 15 is 0 Å². The van der Waals surface area contributed by atoms with Crippen molar-refractivity contribution in [2.75, 3.05) is 13.2 Å². The second kappa shape index (κ2) is 8.17. The van der Waals surface area contributed by atoms with Gasteiger partial charge in [0.15, 0.2) is 5.79 Å². The molecule has 4 nitrogen and oxygen atoms in total. The molecule has 4 heteroatoms. The molecule has 0 unspecified atom stereocenters. The number of rotatable bonds is 5. The fourth-order valence-electron chi connectivity index (χ4n) is 3.97. The summed E-state index contributed by atoms with van der Waals surface area (Å²) in [6, 6.07) is 0. The van der Waals surface area contributed by atoms with Crippen molar-refractivity contribution in [3.8, 4) is 12.3 Å². The van der Waals surface area contributed by atoms with Crippen molar-refractivity contribution in [1.82, 2.24) is 0 Å². The van der Waals surface area contributed by atoms with Crippen molar-refractivity contribution >= 4 is 5.71 Å². The van der Waals surface area contributed by atoms with E-state index in [1.807, 2.05) is 13.8 Å². The van der Waals surface area contributed by atoms with Gasteiger partial charge in [0.25, 0.3) is 0 Å². The Labute approximate surface area is 140 Å². The average molecular weight is 321 g/mol. The zero-order chi connectivity index (χ0) is 16.8. The first-order chi connectivity index (χ1) is 11.2. The van der Waals surface area contributed by atoms with Crippen LogP contribution >= 0.6 is 0 Å². The Hall–Kier alpha value is -1.05. The first-order valence-corrected chi connectivity index (χ1v) is 9.15. The molecule has 1 aliphatic heterocycles. The van der Waals surface area contributed by atoms with Gasteiger partial charge >= 0.3 is 0 Å². The number of hydrogen-bond acceptors (Lipinski definition) is 4. The van der Waals surface area contributed by atoms with Gasteiger partial charge < -0.3 is 14.7 Å². The van der Waals surface area contributed by atoms with Crippen LogP contribution in [-0.4, -0.2) is 29.9 Å². The summed E-state index contributed by atoms with van der Waals surface area (Å²) in [6.45, 7) is 5.46. The topological polar surface area (TPSA) is 51.0 Å². The van der Waals surface area contributed by atoms with Crippen LogP contribution in [0.3, 0.4) is 0 Å². The largest absolute Gasteiger partial charge is 0.410 e. The molecule has 2 saturated carbocycles. The smallest absolute Gasteiger partial charge is 0.168 e. The number of ether oxygens (including phenoxy) is 2. The highest BCUT2D eigenvalue weighted by atomic mass is 16.7. The van der Waals surface area contributed by atoms with Crippen molar-refractivity contribution in [3.63, 3.8) is 0 Å². The van der Waals surface area contributed by atoms with Crippen LogP contribution in [0.15, 0.2) is 5.16 Å². The highest BCUT2D eigenvalue weighted by Gasteiger charge is 2.47. The van der Waals surface area contributed by atoms with Gasteiger partial charge in [0.05, 0.1) is 13.2 Å². The Bertz CT molecular complexity index is 432. The van der Waals surface area contributed by atoms with Crippen LogP contribution in [0.1, 0.15) is 71.6 Å². The Morgan fingerprint density at radius 1 is 1.17 bits per heavy atom. The zero-order valence-corrected chi connectivity index (χ0v) is 14.6. The molecule has 3 rings (SSSR count). The van der Waals surface area contributed by atoms with Gasteiger partial charge in [-0.05, 0) is 37.0 Å². The minimum absolute atomic E-state index is 0.299. The lowest BCUT2D eigenvalue weighted by Gasteiger charge is -2.44. The van der Waals surface area contributed by atoms with Gasteiger partial charge in [0, 0.05) is 19.3 Å². The Morgan fingerprint density at radius 2 is 1.78 bits per heavy atom. The van der Waals surface area contributed by atoms with Crippen molar-refractivity contribution in [3.05, 3.63) is 0 Å². The third-order valence-electron chi connectivity index (χ3n) is 5.48. The average Bonchev–Trinajstić information content (AvgIpc) is 3.29. The van der Waals surface area contributed by atoms with Crippen LogP contribution < -0.4 is 0 Å². The molecule has 23 heavy (non-hydrogen) atoms. The molecule has 1 saturated heterocycles. The molecule has 130 valence electrons. The van der Waals surface area contributed by atoms with Crippen LogP contribution in [0.2, 0.25) is 0 Å². The van der Waals surface area contributed by atoms with Gasteiger partial charge in [0.2, 0.25) is 0 Å². The van der Waals surface area contributed by atoms with Gasteiger partial charge in [-0.2, -0.15) is 0 Å². The van der Waals surface area contributed by atoms with E-state index in [4.69, 9.17) is 21.1 Å². The van der Waals surface area contributed by atoms with Gasteiger partial charge in [-0.1, -0.05) is 37.8 Å². The summed E-state index contributed by atoms with van der Waals surface area (Å²) >= 11 is 0. The first kappa shape index (κ1) is 18.3. The quantitative estimate of drug-likeness (QED) is 0.354. The van der Waals surface area contributed by atoms with Crippen LogP contribution in [0.5, 0.6) is 0 Å². The SMILES string of the molecule is C#C/C(CCC1(CC2CC2)CCC2(CC1)OCCO2)=N\O.CC. The van der Waals surface area contributed by atoms with Crippen molar-refractivity contribution in [2.45, 2.75) is 77.4 Å². The minimum atomic E-state index is -0.299. The summed E-state index contributed by atoms with van der Waals surface area (Å²) in [4.78, 5) is 0. The molecular weight excluding hydrogens is 290 g/mol. The van der Waals surface area contributed by atoms with E-state index in [1.54, 1.807) is 0 Å². The molecule has 0 radical (unpaired) electrons. The van der Waals surface area contributed by atoms with E-state index in [0.717, 1.165) is 51.2 Å². The Balaban J connectivity index is 0.000000924. The fourth-order valence-corrected chi connectivity index (χ4v) is 3.97. The van der Waals surface area contributed by atoms with E-state index in [2.05, 4.69) is 11.1 Å². The molecule has 0 aromatic rings. The van der Waals surface area contributed by atoms with Gasteiger partial charge in [-0.3, -0.25) is 0 Å². The van der Waals surface area contributed by atoms with Gasteiger partial charge in [-0.15, -0.1) is 6.42 Å². The van der Waals surface area contributed by atoms with E-state index in [0.29, 0.717) is 17.5 Å². The number of terminal acetylenes is 1. The predicted molar refractivity (Wildman–Crippen MR) is 91.5 cm³/mol. The second-order valence-corrected chi connectivity index (χ2v) is 6.95. The first-order valence-electron chi connectivity index (χ1n) is 9.15. The third-order valence-corrected chi connectivity index (χ3v) is 5.48. The number of hydrogen-bond donors (Lipinski definition) is 1. The molecule has 0 amide bonds. The van der Waals surface area contributed by atoms with Crippen LogP contribution in [0, 0.1) is 23.7 Å². The molecular formula is C19H31NO3. The van der Waals surface area contributed by atoms with E-state index in [9.17, 15) is 0 Å². The molecule has 0 bridgehead atoms. The zero-order valence-electron chi connectivity index (χ0n) is 14.6. The van der Waals surface area contributed by atoms with Crippen LogP contribution in [0.4, 0.5) is 0 Å². The second-order valence-electron chi connectivity index (χ2n) is 6.95. The summed E-state index contributed by atoms with van der Waals surface area (Å²) in [6.07, 6.45) is 15.4. The monoisotopic (exact) mass is 321 g/mol. The molecule has 1 spiro atoms. The molecule has 1 N–H and O–H groups in total. The summed E-state index contributed by atoms with van der Waals surface area (Å²) in [5, 5.41) is 12.1. The van der Waals surface area contributed by atoms with Crippen molar-refractivity contribution < 1.29 is 14.7 Å². The maximum Gasteiger partial charge on any atom is 0.168 e. The minimum Gasteiger partial charge on any atom is -0.410 e. The molecule has 3 aliphatic rings. The lowest BCUT2D eigenvalue weighted by Crippen LogP contribution is -2.40. The lowest BCUT2D eigenvalue weighted by atomic mass is 9.66. The van der Waals surface area contributed by atoms with Crippen LogP contribution in [0.25, 0.3) is 0 Å². The molecule has 0 aromatic heterocycles. The van der Waals surface area contributed by atoms with E-state index < -0.39 is 0 Å². The van der Waals surface area contributed by atoms with Crippen molar-refractivity contribution in [1.29, 1.82) is 0 Å². The summed E-state index contributed by atoms with van der Waals surface area (Å²) in [5.74, 6) is 3.07. The standard InChI is InChI=1S/C17H25NO3.C2H6/c1-2-15(18-19)5-6-16(13-14-3-4-14)7-9-17(10-8-16)20-11-12-21-17;1-2/h1,14,19H,3-13H2;1-2H3/b18-15+;. The maximum atomic E-state index is 8.91. The number of oxime groups is 1. The molecule has 1 heterocycles. The predicted octanol–water partition coefficient (Wildman–Crippen LogP) is 4.36. The van der Waals surface area contributed by atoms with Crippen molar-refractivity contribution in [2.24, 2.45) is 16.5 Å². The van der Waals surface area contributed by atoms with E-state index in [-0.39, 0.29) is 5.79 Å². The molecule has 0 atom stereocenters.